The molecule has 36 heavy (non-hydrogen) atoms. The van der Waals surface area contributed by atoms with Crippen LogP contribution in [-0.4, -0.2) is 34.2 Å². The zero-order valence-electron chi connectivity index (χ0n) is 19.5. The molecule has 0 spiro atoms. The fraction of sp³-hybridized carbons (Fsp3) is 0.259. The second-order valence-electron chi connectivity index (χ2n) is 9.12. The van der Waals surface area contributed by atoms with E-state index >= 15 is 0 Å². The summed E-state index contributed by atoms with van der Waals surface area (Å²) in [6.07, 6.45) is 2.19. The molecule has 1 fully saturated rings. The van der Waals surface area contributed by atoms with Crippen molar-refractivity contribution in [3.63, 3.8) is 0 Å². The van der Waals surface area contributed by atoms with Gasteiger partial charge in [0.25, 0.3) is 5.91 Å². The molecule has 0 bridgehead atoms. The Morgan fingerprint density at radius 2 is 1.69 bits per heavy atom. The lowest BCUT2D eigenvalue weighted by molar-refractivity contribution is -0.143. The number of benzene rings is 3. The lowest BCUT2D eigenvalue weighted by Crippen LogP contribution is -2.46. The number of alkyl halides is 2. The standard InChI is InChI=1S/C27H24F4N4O/c1-27(30,31)26(36)33-23-12-13-34(25(23)18-4-8-21(29)9-5-18)22-10-11-24-19(14-22)15-32-35(24)16-17-2-6-20(28)7-3-17/h2-11,14-15,23,25H,12-13,16H2,1H3,(H,33,36). The molecule has 186 valence electrons. The summed E-state index contributed by atoms with van der Waals surface area (Å²) >= 11 is 0. The summed E-state index contributed by atoms with van der Waals surface area (Å²) in [5.74, 6) is -5.54. The molecule has 9 heteroatoms. The lowest BCUT2D eigenvalue weighted by Gasteiger charge is -2.31. The minimum Gasteiger partial charge on any atom is -0.362 e. The predicted molar refractivity (Wildman–Crippen MR) is 129 cm³/mol. The molecule has 5 nitrogen and oxygen atoms in total. The highest BCUT2D eigenvalue weighted by Gasteiger charge is 2.41. The first kappa shape index (κ1) is 23.8. The Hall–Kier alpha value is -3.88. The third kappa shape index (κ3) is 4.78. The average Bonchev–Trinajstić information content (AvgIpc) is 3.44. The predicted octanol–water partition coefficient (Wildman–Crippen LogP) is 5.45. The molecule has 1 aliphatic rings. The van der Waals surface area contributed by atoms with Gasteiger partial charge in [-0.2, -0.15) is 13.9 Å². The summed E-state index contributed by atoms with van der Waals surface area (Å²) in [6.45, 7) is 1.56. The molecule has 3 aromatic carbocycles. The van der Waals surface area contributed by atoms with Crippen molar-refractivity contribution in [3.8, 4) is 0 Å². The van der Waals surface area contributed by atoms with Crippen LogP contribution in [0.1, 0.15) is 30.5 Å². The highest BCUT2D eigenvalue weighted by Crippen LogP contribution is 2.38. The van der Waals surface area contributed by atoms with Crippen molar-refractivity contribution in [2.75, 3.05) is 11.4 Å². The van der Waals surface area contributed by atoms with Crippen LogP contribution in [0, 0.1) is 11.6 Å². The molecule has 1 saturated heterocycles. The molecule has 4 aromatic rings. The van der Waals surface area contributed by atoms with Crippen LogP contribution in [0.2, 0.25) is 0 Å². The molecule has 1 amide bonds. The van der Waals surface area contributed by atoms with Crippen LogP contribution >= 0.6 is 0 Å². The molecule has 5 rings (SSSR count). The summed E-state index contributed by atoms with van der Waals surface area (Å²) in [4.78, 5) is 14.1. The number of nitrogens with one attached hydrogen (secondary N) is 1. The number of carbonyl (C=O) groups is 1. The third-order valence-electron chi connectivity index (χ3n) is 6.53. The van der Waals surface area contributed by atoms with E-state index in [0.29, 0.717) is 32.0 Å². The average molecular weight is 497 g/mol. The topological polar surface area (TPSA) is 50.2 Å². The Bertz CT molecular complexity index is 1380. The number of aromatic nitrogens is 2. The first-order chi connectivity index (χ1) is 17.2. The Morgan fingerprint density at radius 1 is 1.03 bits per heavy atom. The smallest absolute Gasteiger partial charge is 0.321 e. The van der Waals surface area contributed by atoms with E-state index in [-0.39, 0.29) is 5.82 Å². The quantitative estimate of drug-likeness (QED) is 0.361. The molecule has 1 aromatic heterocycles. The number of nitrogens with zero attached hydrogens (tertiary/aromatic N) is 3. The van der Waals surface area contributed by atoms with Crippen molar-refractivity contribution in [1.82, 2.24) is 15.1 Å². The van der Waals surface area contributed by atoms with Crippen molar-refractivity contribution in [1.29, 1.82) is 0 Å². The van der Waals surface area contributed by atoms with Gasteiger partial charge in [0.1, 0.15) is 11.6 Å². The van der Waals surface area contributed by atoms with E-state index in [1.54, 1.807) is 30.5 Å². The van der Waals surface area contributed by atoms with Gasteiger partial charge in [-0.25, -0.2) is 8.78 Å². The number of anilines is 1. The minimum absolute atomic E-state index is 0.299. The first-order valence-corrected chi connectivity index (χ1v) is 11.6. The van der Waals surface area contributed by atoms with Crippen molar-refractivity contribution in [3.05, 3.63) is 95.7 Å². The van der Waals surface area contributed by atoms with Gasteiger partial charge in [-0.1, -0.05) is 24.3 Å². The third-order valence-corrected chi connectivity index (χ3v) is 6.53. The van der Waals surface area contributed by atoms with Crippen molar-refractivity contribution in [2.24, 2.45) is 0 Å². The van der Waals surface area contributed by atoms with Crippen LogP contribution in [0.4, 0.5) is 23.2 Å². The summed E-state index contributed by atoms with van der Waals surface area (Å²) in [6, 6.07) is 16.9. The van der Waals surface area contributed by atoms with Gasteiger partial charge in [-0.15, -0.1) is 0 Å². The number of halogens is 4. The summed E-state index contributed by atoms with van der Waals surface area (Å²) in [5.41, 5.74) is 3.34. The van der Waals surface area contributed by atoms with Gasteiger partial charge in [0.05, 0.1) is 30.3 Å². The molecule has 1 N–H and O–H groups in total. The molecule has 0 radical (unpaired) electrons. The number of amides is 1. The number of hydrogen-bond acceptors (Lipinski definition) is 3. The first-order valence-electron chi connectivity index (χ1n) is 11.6. The zero-order valence-corrected chi connectivity index (χ0v) is 19.5. The van der Waals surface area contributed by atoms with Gasteiger partial charge >= 0.3 is 5.92 Å². The molecular formula is C27H24F4N4O. The van der Waals surface area contributed by atoms with E-state index in [2.05, 4.69) is 10.4 Å². The lowest BCUT2D eigenvalue weighted by atomic mass is 9.99. The molecule has 1 aliphatic heterocycles. The van der Waals surface area contributed by atoms with Gasteiger partial charge in [-0.05, 0) is 60.0 Å². The van der Waals surface area contributed by atoms with E-state index in [1.165, 1.54) is 24.3 Å². The maximum atomic E-state index is 13.6. The molecule has 0 aliphatic carbocycles. The molecule has 0 saturated carbocycles. The highest BCUT2D eigenvalue weighted by atomic mass is 19.3. The summed E-state index contributed by atoms with van der Waals surface area (Å²) in [7, 11) is 0. The van der Waals surface area contributed by atoms with Crippen molar-refractivity contribution in [2.45, 2.75) is 37.9 Å². The van der Waals surface area contributed by atoms with E-state index in [0.717, 1.165) is 22.2 Å². The molecule has 2 unspecified atom stereocenters. The minimum atomic E-state index is -3.50. The maximum absolute atomic E-state index is 13.6. The van der Waals surface area contributed by atoms with Crippen molar-refractivity contribution >= 4 is 22.5 Å². The van der Waals surface area contributed by atoms with Gasteiger partial charge < -0.3 is 10.2 Å². The number of rotatable bonds is 6. The Morgan fingerprint density at radius 3 is 2.36 bits per heavy atom. The highest BCUT2D eigenvalue weighted by molar-refractivity contribution is 5.84. The second-order valence-corrected chi connectivity index (χ2v) is 9.12. The summed E-state index contributed by atoms with van der Waals surface area (Å²) < 4.78 is 55.9. The maximum Gasteiger partial charge on any atom is 0.321 e. The number of carbonyl (C=O) groups excluding carboxylic acids is 1. The van der Waals surface area contributed by atoms with Crippen molar-refractivity contribution < 1.29 is 22.4 Å². The normalized spacial score (nSPS) is 18.1. The van der Waals surface area contributed by atoms with E-state index in [4.69, 9.17) is 0 Å². The molecule has 2 heterocycles. The van der Waals surface area contributed by atoms with Crippen LogP contribution in [0.5, 0.6) is 0 Å². The van der Waals surface area contributed by atoms with Crippen LogP contribution in [0.25, 0.3) is 10.9 Å². The van der Waals surface area contributed by atoms with E-state index in [1.807, 2.05) is 27.8 Å². The second kappa shape index (κ2) is 9.29. The SMILES string of the molecule is CC(F)(F)C(=O)NC1CCN(c2ccc3c(cnn3Cc3ccc(F)cc3)c2)C1c1ccc(F)cc1. The fourth-order valence-corrected chi connectivity index (χ4v) is 4.74. The number of hydrogen-bond donors (Lipinski definition) is 1. The van der Waals surface area contributed by atoms with Gasteiger partial charge in [0.2, 0.25) is 0 Å². The van der Waals surface area contributed by atoms with E-state index in [9.17, 15) is 22.4 Å². The molecular weight excluding hydrogens is 472 g/mol. The van der Waals surface area contributed by atoms with Crippen LogP contribution in [0.3, 0.4) is 0 Å². The van der Waals surface area contributed by atoms with Gasteiger partial charge in [-0.3, -0.25) is 9.48 Å². The largest absolute Gasteiger partial charge is 0.362 e. The summed E-state index contributed by atoms with van der Waals surface area (Å²) in [5, 5.41) is 7.83. The Kier molecular flexibility index (Phi) is 6.15. The van der Waals surface area contributed by atoms with Crippen LogP contribution in [-0.2, 0) is 11.3 Å². The number of fused-ring (bicyclic) bond motifs is 1. The molecule has 2 atom stereocenters. The Balaban J connectivity index is 1.45. The Labute approximate surface area is 205 Å². The monoisotopic (exact) mass is 496 g/mol. The fourth-order valence-electron chi connectivity index (χ4n) is 4.74. The van der Waals surface area contributed by atoms with Gasteiger partial charge in [0, 0.05) is 24.5 Å². The van der Waals surface area contributed by atoms with Crippen LogP contribution in [0.15, 0.2) is 72.9 Å². The van der Waals surface area contributed by atoms with Gasteiger partial charge in [0.15, 0.2) is 0 Å². The van der Waals surface area contributed by atoms with E-state index < -0.39 is 29.7 Å². The van der Waals surface area contributed by atoms with Crippen LogP contribution < -0.4 is 10.2 Å². The zero-order chi connectivity index (χ0) is 25.4.